The van der Waals surface area contributed by atoms with Crippen molar-refractivity contribution in [2.45, 2.75) is 0 Å². The van der Waals surface area contributed by atoms with Crippen LogP contribution in [0.3, 0.4) is 0 Å². The lowest BCUT2D eigenvalue weighted by atomic mass is 9.95. The summed E-state index contributed by atoms with van der Waals surface area (Å²) < 4.78 is 5.03. The second kappa shape index (κ2) is 12.9. The molecule has 0 saturated heterocycles. The van der Waals surface area contributed by atoms with Crippen LogP contribution in [0.5, 0.6) is 0 Å². The van der Waals surface area contributed by atoms with Crippen molar-refractivity contribution in [2.75, 3.05) is 4.90 Å². The van der Waals surface area contributed by atoms with Crippen molar-refractivity contribution in [2.24, 2.45) is 0 Å². The van der Waals surface area contributed by atoms with E-state index in [1.165, 1.54) is 69.4 Å². The lowest BCUT2D eigenvalue weighted by molar-refractivity contribution is 1.15. The predicted octanol–water partition coefficient (Wildman–Crippen LogP) is 15.1. The van der Waals surface area contributed by atoms with Gasteiger partial charge in [0.1, 0.15) is 0 Å². The average molecular weight is 719 g/mol. The molecule has 0 aliphatic carbocycles. The highest BCUT2D eigenvalue weighted by atomic mass is 32.1. The minimum absolute atomic E-state index is 1.10. The highest BCUT2D eigenvalue weighted by molar-refractivity contribution is 7.25. The molecule has 11 aromatic rings. The first kappa shape index (κ1) is 31.6. The topological polar surface area (TPSA) is 8.17 Å². The number of fused-ring (bicyclic) bond motifs is 7. The number of nitrogens with zero attached hydrogens (tertiary/aromatic N) is 2. The van der Waals surface area contributed by atoms with Gasteiger partial charge >= 0.3 is 0 Å². The maximum absolute atomic E-state index is 2.50. The van der Waals surface area contributed by atoms with Crippen LogP contribution in [0.4, 0.5) is 17.1 Å². The van der Waals surface area contributed by atoms with Crippen molar-refractivity contribution in [3.63, 3.8) is 0 Å². The Morgan fingerprint density at radius 2 is 0.982 bits per heavy atom. The molecule has 0 atom stereocenters. The quantitative estimate of drug-likeness (QED) is 0.166. The van der Waals surface area contributed by atoms with Crippen LogP contribution in [0.2, 0.25) is 0 Å². The predicted molar refractivity (Wildman–Crippen MR) is 237 cm³/mol. The summed E-state index contributed by atoms with van der Waals surface area (Å²) in [5.74, 6) is 0. The Balaban J connectivity index is 1.23. The molecule has 0 spiro atoms. The molecule has 0 bridgehead atoms. The first-order valence-electron chi connectivity index (χ1n) is 18.8. The fraction of sp³-hybridized carbons (Fsp3) is 0. The summed E-state index contributed by atoms with van der Waals surface area (Å²) in [6.45, 7) is 0. The molecule has 2 aromatic heterocycles. The number of anilines is 3. The van der Waals surface area contributed by atoms with E-state index in [4.69, 9.17) is 0 Å². The molecule has 55 heavy (non-hydrogen) atoms. The van der Waals surface area contributed by atoms with Crippen LogP contribution in [-0.4, -0.2) is 4.57 Å². The van der Waals surface area contributed by atoms with Gasteiger partial charge in [0.15, 0.2) is 0 Å². The van der Waals surface area contributed by atoms with Crippen molar-refractivity contribution in [1.82, 2.24) is 4.57 Å². The van der Waals surface area contributed by atoms with Crippen molar-refractivity contribution in [3.8, 4) is 27.9 Å². The lowest BCUT2D eigenvalue weighted by Crippen LogP contribution is -2.14. The minimum Gasteiger partial charge on any atom is -0.308 e. The zero-order valence-corrected chi connectivity index (χ0v) is 30.7. The molecule has 0 aliphatic rings. The number of aromatic nitrogens is 1. The molecule has 0 aliphatic heterocycles. The van der Waals surface area contributed by atoms with Gasteiger partial charge in [-0.2, -0.15) is 0 Å². The normalized spacial score (nSPS) is 11.6. The number of para-hydroxylation sites is 4. The van der Waals surface area contributed by atoms with Crippen molar-refractivity contribution in [1.29, 1.82) is 0 Å². The number of benzene rings is 9. The van der Waals surface area contributed by atoms with Crippen LogP contribution >= 0.6 is 11.3 Å². The molecule has 3 heteroatoms. The number of thiophene rings is 1. The van der Waals surface area contributed by atoms with E-state index in [0.717, 1.165) is 28.3 Å². The molecule has 9 aromatic carbocycles. The van der Waals surface area contributed by atoms with Gasteiger partial charge in [-0.05, 0) is 88.1 Å². The van der Waals surface area contributed by atoms with Crippen molar-refractivity contribution >= 4 is 81.1 Å². The van der Waals surface area contributed by atoms with E-state index < -0.39 is 0 Å². The van der Waals surface area contributed by atoms with Crippen LogP contribution in [0.15, 0.2) is 206 Å². The fourth-order valence-corrected chi connectivity index (χ4v) is 9.50. The van der Waals surface area contributed by atoms with Gasteiger partial charge < -0.3 is 9.47 Å². The SMILES string of the molecule is c1ccc(-c2ccc(-c3ccc4ccccc4c3)cc2N(c2ccc3sc4ccccc4c3c2)c2ccccc2-n2c3ccccc3c3ccccc32)cc1. The highest BCUT2D eigenvalue weighted by Gasteiger charge is 2.24. The van der Waals surface area contributed by atoms with E-state index in [1.807, 2.05) is 11.3 Å². The number of hydrogen-bond donors (Lipinski definition) is 0. The molecule has 0 amide bonds. The molecule has 2 nitrogen and oxygen atoms in total. The summed E-state index contributed by atoms with van der Waals surface area (Å²) in [6, 6.07) is 75.4. The molecule has 0 N–H and O–H groups in total. The van der Waals surface area contributed by atoms with Gasteiger partial charge in [0.05, 0.1) is 28.1 Å². The Bertz CT molecular complexity index is 3170. The Hall–Kier alpha value is -6.94. The first-order valence-corrected chi connectivity index (χ1v) is 19.6. The lowest BCUT2D eigenvalue weighted by Gasteiger charge is -2.31. The van der Waals surface area contributed by atoms with Gasteiger partial charge in [-0.25, -0.2) is 0 Å². The average Bonchev–Trinajstić information content (AvgIpc) is 3.80. The standard InChI is InChI=1S/C52H34N2S/c1-2-15-36(16-3-1)41-30-28-39(38-27-26-35-14-4-5-17-37(35)32-38)33-50(41)53(40-29-31-52-45(34-40)44-20-8-13-25-51(44)55-52)48-23-11-12-24-49(48)54-46-21-9-6-18-42(46)43-19-7-10-22-47(43)54/h1-34H. The third-order valence-electron chi connectivity index (χ3n) is 11.0. The number of hydrogen-bond acceptors (Lipinski definition) is 2. The molecule has 0 saturated carbocycles. The van der Waals surface area contributed by atoms with Gasteiger partial charge in [0, 0.05) is 42.2 Å². The molecule has 2 heterocycles. The molecular weight excluding hydrogens is 685 g/mol. The van der Waals surface area contributed by atoms with Gasteiger partial charge in [-0.3, -0.25) is 0 Å². The van der Waals surface area contributed by atoms with E-state index >= 15 is 0 Å². The molecule has 0 radical (unpaired) electrons. The summed E-state index contributed by atoms with van der Waals surface area (Å²) in [4.78, 5) is 2.50. The maximum atomic E-state index is 2.50. The van der Waals surface area contributed by atoms with E-state index in [9.17, 15) is 0 Å². The molecule has 0 fully saturated rings. The third kappa shape index (κ3) is 5.24. The summed E-state index contributed by atoms with van der Waals surface area (Å²) in [5, 5.41) is 7.52. The van der Waals surface area contributed by atoms with Crippen LogP contribution in [0.1, 0.15) is 0 Å². The van der Waals surface area contributed by atoms with Crippen LogP contribution in [0.25, 0.3) is 80.7 Å². The van der Waals surface area contributed by atoms with Gasteiger partial charge in [-0.1, -0.05) is 146 Å². The van der Waals surface area contributed by atoms with Gasteiger partial charge in [0.25, 0.3) is 0 Å². The van der Waals surface area contributed by atoms with Crippen LogP contribution in [-0.2, 0) is 0 Å². The Kier molecular flexibility index (Phi) is 7.39. The minimum atomic E-state index is 1.10. The van der Waals surface area contributed by atoms with Gasteiger partial charge in [0.2, 0.25) is 0 Å². The van der Waals surface area contributed by atoms with Gasteiger partial charge in [-0.15, -0.1) is 11.3 Å². The van der Waals surface area contributed by atoms with Crippen molar-refractivity contribution in [3.05, 3.63) is 206 Å². The zero-order valence-electron chi connectivity index (χ0n) is 29.9. The van der Waals surface area contributed by atoms with E-state index in [2.05, 4.69) is 216 Å². The second-order valence-electron chi connectivity index (χ2n) is 14.1. The summed E-state index contributed by atoms with van der Waals surface area (Å²) in [5.41, 5.74) is 11.5. The molecule has 258 valence electrons. The van der Waals surface area contributed by atoms with Crippen LogP contribution in [0, 0.1) is 0 Å². The smallest absolute Gasteiger partial charge is 0.0702 e. The monoisotopic (exact) mass is 718 g/mol. The Morgan fingerprint density at radius 1 is 0.364 bits per heavy atom. The third-order valence-corrected chi connectivity index (χ3v) is 12.1. The van der Waals surface area contributed by atoms with E-state index in [0.29, 0.717) is 0 Å². The Morgan fingerprint density at radius 3 is 1.80 bits per heavy atom. The molecular formula is C52H34N2S. The summed E-state index contributed by atoms with van der Waals surface area (Å²) in [7, 11) is 0. The first-order chi connectivity index (χ1) is 27.3. The second-order valence-corrected chi connectivity index (χ2v) is 15.2. The highest BCUT2D eigenvalue weighted by Crippen LogP contribution is 2.48. The van der Waals surface area contributed by atoms with Crippen molar-refractivity contribution < 1.29 is 0 Å². The maximum Gasteiger partial charge on any atom is 0.0702 e. The largest absolute Gasteiger partial charge is 0.308 e. The zero-order chi connectivity index (χ0) is 36.3. The number of rotatable bonds is 6. The molecule has 0 unspecified atom stereocenters. The summed E-state index contributed by atoms with van der Waals surface area (Å²) >= 11 is 1.86. The van der Waals surface area contributed by atoms with Crippen LogP contribution < -0.4 is 4.90 Å². The van der Waals surface area contributed by atoms with E-state index in [-0.39, 0.29) is 0 Å². The molecule has 11 rings (SSSR count). The van der Waals surface area contributed by atoms with E-state index in [1.54, 1.807) is 0 Å². The summed E-state index contributed by atoms with van der Waals surface area (Å²) in [6.07, 6.45) is 0. The Labute approximate surface area is 323 Å². The fourth-order valence-electron chi connectivity index (χ4n) is 8.41.